The van der Waals surface area contributed by atoms with Gasteiger partial charge >= 0.3 is 0 Å². The number of thioether (sulfide) groups is 1. The second-order valence-electron chi connectivity index (χ2n) is 3.94. The number of aryl methyl sites for hydroxylation is 1. The third kappa shape index (κ3) is 3.21. The summed E-state index contributed by atoms with van der Waals surface area (Å²) in [5.74, 6) is 1.30. The minimum atomic E-state index is -0.147. The topological polar surface area (TPSA) is 71.8 Å². The summed E-state index contributed by atoms with van der Waals surface area (Å²) in [6.45, 7) is 2.35. The van der Waals surface area contributed by atoms with Crippen LogP contribution in [-0.2, 0) is 12.3 Å². The molecule has 0 aliphatic heterocycles. The molecule has 2 rings (SSSR count). The van der Waals surface area contributed by atoms with Gasteiger partial charge in [-0.1, -0.05) is 18.2 Å². The lowest BCUT2D eigenvalue weighted by molar-refractivity contribution is 0.902. The molecule has 0 fully saturated rings. The molecule has 0 radical (unpaired) electrons. The van der Waals surface area contributed by atoms with Crippen molar-refractivity contribution in [2.24, 2.45) is 5.73 Å². The molecule has 0 spiro atoms. The molecule has 0 amide bonds. The number of nitrogens with one attached hydrogen (secondary N) is 1. The molecule has 1 aromatic heterocycles. The Morgan fingerprint density at radius 3 is 2.89 bits per heavy atom. The molecule has 4 nitrogen and oxygen atoms in total. The van der Waals surface area contributed by atoms with Gasteiger partial charge in [-0.15, -0.1) is 11.8 Å². The van der Waals surface area contributed by atoms with Crippen LogP contribution in [0.2, 0.25) is 0 Å². The summed E-state index contributed by atoms with van der Waals surface area (Å²) < 4.78 is 0. The van der Waals surface area contributed by atoms with Gasteiger partial charge in [-0.05, 0) is 18.6 Å². The van der Waals surface area contributed by atoms with Gasteiger partial charge < -0.3 is 10.7 Å². The van der Waals surface area contributed by atoms with E-state index in [1.165, 1.54) is 16.5 Å². The van der Waals surface area contributed by atoms with Crippen LogP contribution >= 0.6 is 11.8 Å². The molecule has 3 N–H and O–H groups in total. The maximum Gasteiger partial charge on any atom is 0.251 e. The van der Waals surface area contributed by atoms with Gasteiger partial charge in [0.25, 0.3) is 5.56 Å². The summed E-state index contributed by atoms with van der Waals surface area (Å²) in [5, 5.41) is 0. The molecule has 0 saturated carbocycles. The van der Waals surface area contributed by atoms with Crippen LogP contribution in [0.1, 0.15) is 17.1 Å². The molecule has 0 saturated heterocycles. The lowest BCUT2D eigenvalue weighted by Gasteiger charge is -2.05. The highest BCUT2D eigenvalue weighted by atomic mass is 32.2. The van der Waals surface area contributed by atoms with Crippen LogP contribution in [0.25, 0.3) is 0 Å². The van der Waals surface area contributed by atoms with Crippen molar-refractivity contribution in [3.63, 3.8) is 0 Å². The van der Waals surface area contributed by atoms with Gasteiger partial charge in [-0.25, -0.2) is 4.98 Å². The Kier molecular flexibility index (Phi) is 4.17. The van der Waals surface area contributed by atoms with E-state index in [0.717, 1.165) is 0 Å². The van der Waals surface area contributed by atoms with Gasteiger partial charge in [-0.2, -0.15) is 0 Å². The quantitative estimate of drug-likeness (QED) is 0.824. The van der Waals surface area contributed by atoms with Crippen LogP contribution in [0.15, 0.2) is 40.0 Å². The van der Waals surface area contributed by atoms with E-state index in [-0.39, 0.29) is 12.1 Å². The van der Waals surface area contributed by atoms with Crippen LogP contribution in [0.3, 0.4) is 0 Å². The predicted molar refractivity (Wildman–Crippen MR) is 73.5 cm³/mol. The highest BCUT2D eigenvalue weighted by Gasteiger charge is 2.03. The van der Waals surface area contributed by atoms with Crippen LogP contribution in [-0.4, -0.2) is 9.97 Å². The van der Waals surface area contributed by atoms with Crippen molar-refractivity contribution < 1.29 is 0 Å². The van der Waals surface area contributed by atoms with Crippen molar-refractivity contribution in [1.82, 2.24) is 9.97 Å². The smallest absolute Gasteiger partial charge is 0.251 e. The zero-order chi connectivity index (χ0) is 13.0. The lowest BCUT2D eigenvalue weighted by Crippen LogP contribution is -2.14. The molecule has 0 aliphatic rings. The summed E-state index contributed by atoms with van der Waals surface area (Å²) in [7, 11) is 0. The Morgan fingerprint density at radius 1 is 1.39 bits per heavy atom. The third-order valence-electron chi connectivity index (χ3n) is 2.51. The summed E-state index contributed by atoms with van der Waals surface area (Å²) >= 11 is 1.65. The van der Waals surface area contributed by atoms with Gasteiger partial charge in [0.1, 0.15) is 5.82 Å². The fraction of sp³-hybridized carbons (Fsp3) is 0.231. The zero-order valence-corrected chi connectivity index (χ0v) is 11.0. The molecule has 0 atom stereocenters. The Balaban J connectivity index is 2.13. The van der Waals surface area contributed by atoms with Crippen LogP contribution < -0.4 is 11.3 Å². The fourth-order valence-corrected chi connectivity index (χ4v) is 2.50. The molecule has 0 bridgehead atoms. The normalized spacial score (nSPS) is 10.6. The lowest BCUT2D eigenvalue weighted by atomic mass is 10.2. The Morgan fingerprint density at radius 2 is 2.17 bits per heavy atom. The first kappa shape index (κ1) is 12.9. The van der Waals surface area contributed by atoms with Gasteiger partial charge in [0.15, 0.2) is 0 Å². The Hall–Kier alpha value is -1.59. The van der Waals surface area contributed by atoms with E-state index in [0.29, 0.717) is 17.3 Å². The van der Waals surface area contributed by atoms with Crippen LogP contribution in [0.5, 0.6) is 0 Å². The number of hydrogen-bond donors (Lipinski definition) is 2. The van der Waals surface area contributed by atoms with E-state index in [9.17, 15) is 4.79 Å². The number of aromatic amines is 1. The molecular formula is C13H15N3OS. The second-order valence-corrected chi connectivity index (χ2v) is 4.96. The van der Waals surface area contributed by atoms with Gasteiger partial charge in [0.2, 0.25) is 0 Å². The third-order valence-corrected chi connectivity index (χ3v) is 3.70. The predicted octanol–water partition coefficient (Wildman–Crippen LogP) is 1.83. The summed E-state index contributed by atoms with van der Waals surface area (Å²) in [6, 6.07) is 9.57. The zero-order valence-electron chi connectivity index (χ0n) is 10.1. The van der Waals surface area contributed by atoms with E-state index >= 15 is 0 Å². The van der Waals surface area contributed by atoms with Crippen LogP contribution in [0, 0.1) is 6.92 Å². The Labute approximate surface area is 110 Å². The minimum absolute atomic E-state index is 0.147. The number of nitrogens with zero attached hydrogens (tertiary/aromatic N) is 1. The number of nitrogens with two attached hydrogens (primary N) is 1. The van der Waals surface area contributed by atoms with E-state index in [1.54, 1.807) is 11.8 Å². The summed E-state index contributed by atoms with van der Waals surface area (Å²) in [6.07, 6.45) is 0. The minimum Gasteiger partial charge on any atom is -0.325 e. The Bertz CT molecular complexity index is 595. The summed E-state index contributed by atoms with van der Waals surface area (Å²) in [5.41, 5.74) is 7.20. The molecule has 0 unspecified atom stereocenters. The van der Waals surface area contributed by atoms with Crippen LogP contribution in [0.4, 0.5) is 0 Å². The van der Waals surface area contributed by atoms with Crippen molar-refractivity contribution >= 4 is 11.8 Å². The largest absolute Gasteiger partial charge is 0.325 e. The molecule has 1 aromatic carbocycles. The second kappa shape index (κ2) is 5.84. The number of rotatable bonds is 4. The monoisotopic (exact) mass is 261 g/mol. The van der Waals surface area contributed by atoms with Crippen molar-refractivity contribution in [3.8, 4) is 0 Å². The standard InChI is InChI=1S/C13H15N3OS/c1-9-4-2-3-5-11(9)18-8-12-15-10(7-14)6-13(17)16-12/h2-6H,7-8,14H2,1H3,(H,15,16,17). The molecule has 5 heteroatoms. The van der Waals surface area contributed by atoms with E-state index in [4.69, 9.17) is 5.73 Å². The van der Waals surface area contributed by atoms with Gasteiger partial charge in [0, 0.05) is 17.5 Å². The first-order valence-corrected chi connectivity index (χ1v) is 6.65. The number of H-pyrrole nitrogens is 1. The first-order valence-electron chi connectivity index (χ1n) is 5.66. The number of hydrogen-bond acceptors (Lipinski definition) is 4. The van der Waals surface area contributed by atoms with Crippen molar-refractivity contribution in [1.29, 1.82) is 0 Å². The molecule has 2 aromatic rings. The highest BCUT2D eigenvalue weighted by Crippen LogP contribution is 2.24. The molecule has 18 heavy (non-hydrogen) atoms. The first-order chi connectivity index (χ1) is 8.69. The average Bonchev–Trinajstić information content (AvgIpc) is 2.37. The molecule has 94 valence electrons. The van der Waals surface area contributed by atoms with E-state index in [1.807, 2.05) is 12.1 Å². The summed E-state index contributed by atoms with van der Waals surface area (Å²) in [4.78, 5) is 19.6. The average molecular weight is 261 g/mol. The van der Waals surface area contributed by atoms with Gasteiger partial charge in [-0.3, -0.25) is 4.79 Å². The van der Waals surface area contributed by atoms with Gasteiger partial charge in [0.05, 0.1) is 11.4 Å². The van der Waals surface area contributed by atoms with E-state index < -0.39 is 0 Å². The van der Waals surface area contributed by atoms with Crippen molar-refractivity contribution in [3.05, 3.63) is 57.8 Å². The SMILES string of the molecule is Cc1ccccc1SCc1nc(CN)cc(=O)[nH]1. The number of benzene rings is 1. The molecular weight excluding hydrogens is 246 g/mol. The maximum atomic E-state index is 11.4. The van der Waals surface area contributed by atoms with Crippen molar-refractivity contribution in [2.75, 3.05) is 0 Å². The highest BCUT2D eigenvalue weighted by molar-refractivity contribution is 7.98. The van der Waals surface area contributed by atoms with Crippen molar-refractivity contribution in [2.45, 2.75) is 24.1 Å². The van der Waals surface area contributed by atoms with E-state index in [2.05, 4.69) is 29.0 Å². The molecule has 0 aliphatic carbocycles. The number of aromatic nitrogens is 2. The maximum absolute atomic E-state index is 11.4. The molecule has 1 heterocycles. The fourth-order valence-electron chi connectivity index (χ4n) is 1.60.